The quantitative estimate of drug-likeness (QED) is 0.506. The lowest BCUT2D eigenvalue weighted by Crippen LogP contribution is -2.26. The molecule has 4 rings (SSSR count). The van der Waals surface area contributed by atoms with Crippen LogP contribution in [0.25, 0.3) is 11.4 Å². The first kappa shape index (κ1) is 19.9. The Balaban J connectivity index is 1.33. The highest BCUT2D eigenvalue weighted by Crippen LogP contribution is 2.15. The SMILES string of the molecule is Cc1cc(C)n(-c2ccc(CCNC(=O)c3ccn(-c4cccc(Cl)c4)n3)cc2)n1. The Labute approximate surface area is 180 Å². The zero-order valence-corrected chi connectivity index (χ0v) is 17.6. The third-order valence-corrected chi connectivity index (χ3v) is 5.02. The minimum absolute atomic E-state index is 0.199. The van der Waals surface area contributed by atoms with Crippen molar-refractivity contribution < 1.29 is 4.79 Å². The van der Waals surface area contributed by atoms with E-state index < -0.39 is 0 Å². The van der Waals surface area contributed by atoms with Crippen LogP contribution in [-0.4, -0.2) is 32.0 Å². The molecule has 0 saturated heterocycles. The number of nitrogens with one attached hydrogen (secondary N) is 1. The summed E-state index contributed by atoms with van der Waals surface area (Å²) in [7, 11) is 0. The first-order valence-corrected chi connectivity index (χ1v) is 10.1. The van der Waals surface area contributed by atoms with Gasteiger partial charge in [-0.3, -0.25) is 4.79 Å². The standard InChI is InChI=1S/C23H22ClN5O/c1-16-14-17(2)29(26-16)20-8-6-18(7-9-20)10-12-25-23(30)22-11-13-28(27-22)21-5-3-4-19(24)15-21/h3-9,11,13-15H,10,12H2,1-2H3,(H,25,30). The normalized spacial score (nSPS) is 10.9. The maximum Gasteiger partial charge on any atom is 0.271 e. The van der Waals surface area contributed by atoms with Crippen molar-refractivity contribution in [3.63, 3.8) is 0 Å². The summed E-state index contributed by atoms with van der Waals surface area (Å²) in [4.78, 5) is 12.4. The number of benzene rings is 2. The van der Waals surface area contributed by atoms with Gasteiger partial charge in [0.25, 0.3) is 5.91 Å². The zero-order valence-electron chi connectivity index (χ0n) is 16.8. The van der Waals surface area contributed by atoms with E-state index in [2.05, 4.69) is 33.7 Å². The van der Waals surface area contributed by atoms with Gasteiger partial charge in [-0.05, 0) is 68.3 Å². The van der Waals surface area contributed by atoms with Crippen LogP contribution in [0.5, 0.6) is 0 Å². The third kappa shape index (κ3) is 4.44. The van der Waals surface area contributed by atoms with Gasteiger partial charge in [0.1, 0.15) is 0 Å². The molecule has 1 amide bonds. The molecule has 2 aromatic heterocycles. The number of aryl methyl sites for hydroxylation is 2. The molecule has 2 aromatic carbocycles. The molecule has 0 spiro atoms. The van der Waals surface area contributed by atoms with Gasteiger partial charge in [0, 0.05) is 23.5 Å². The minimum Gasteiger partial charge on any atom is -0.350 e. The molecule has 4 aromatic rings. The van der Waals surface area contributed by atoms with Crippen molar-refractivity contribution in [2.75, 3.05) is 6.54 Å². The highest BCUT2D eigenvalue weighted by molar-refractivity contribution is 6.30. The van der Waals surface area contributed by atoms with Gasteiger partial charge in [-0.25, -0.2) is 9.36 Å². The molecule has 0 aliphatic carbocycles. The Hall–Kier alpha value is -3.38. The third-order valence-electron chi connectivity index (χ3n) is 4.78. The van der Waals surface area contributed by atoms with Crippen molar-refractivity contribution in [3.05, 3.63) is 94.5 Å². The number of amides is 1. The molecule has 0 aliphatic heterocycles. The molecule has 6 nitrogen and oxygen atoms in total. The van der Waals surface area contributed by atoms with Crippen molar-refractivity contribution in [1.29, 1.82) is 0 Å². The first-order valence-electron chi connectivity index (χ1n) is 9.72. The fourth-order valence-electron chi connectivity index (χ4n) is 3.31. The number of hydrogen-bond acceptors (Lipinski definition) is 3. The van der Waals surface area contributed by atoms with Crippen molar-refractivity contribution in [2.24, 2.45) is 0 Å². The van der Waals surface area contributed by atoms with Crippen LogP contribution in [0.2, 0.25) is 5.02 Å². The number of carbonyl (C=O) groups is 1. The van der Waals surface area contributed by atoms with E-state index in [0.717, 1.165) is 34.7 Å². The highest BCUT2D eigenvalue weighted by Gasteiger charge is 2.10. The van der Waals surface area contributed by atoms with Crippen molar-refractivity contribution >= 4 is 17.5 Å². The van der Waals surface area contributed by atoms with E-state index in [9.17, 15) is 4.79 Å². The van der Waals surface area contributed by atoms with E-state index in [1.54, 1.807) is 29.1 Å². The lowest BCUT2D eigenvalue weighted by atomic mass is 10.1. The van der Waals surface area contributed by atoms with Crippen LogP contribution >= 0.6 is 11.6 Å². The van der Waals surface area contributed by atoms with Crippen LogP contribution in [0.3, 0.4) is 0 Å². The summed E-state index contributed by atoms with van der Waals surface area (Å²) < 4.78 is 3.57. The minimum atomic E-state index is -0.199. The lowest BCUT2D eigenvalue weighted by molar-refractivity contribution is 0.0948. The van der Waals surface area contributed by atoms with E-state index in [1.165, 1.54) is 0 Å². The summed E-state index contributed by atoms with van der Waals surface area (Å²) in [5, 5.41) is 12.4. The smallest absolute Gasteiger partial charge is 0.271 e. The summed E-state index contributed by atoms with van der Waals surface area (Å²) in [6, 6.07) is 19.3. The topological polar surface area (TPSA) is 64.7 Å². The van der Waals surface area contributed by atoms with Crippen LogP contribution in [0.15, 0.2) is 66.9 Å². The van der Waals surface area contributed by atoms with Crippen LogP contribution in [0.1, 0.15) is 27.4 Å². The van der Waals surface area contributed by atoms with Crippen molar-refractivity contribution in [3.8, 4) is 11.4 Å². The Morgan fingerprint density at radius 1 is 1.00 bits per heavy atom. The molecule has 0 bridgehead atoms. The van der Waals surface area contributed by atoms with Gasteiger partial charge >= 0.3 is 0 Å². The second-order valence-corrected chi connectivity index (χ2v) is 7.57. The number of nitrogens with zero attached hydrogens (tertiary/aromatic N) is 4. The molecule has 152 valence electrons. The summed E-state index contributed by atoms with van der Waals surface area (Å²) in [5.74, 6) is -0.199. The molecule has 2 heterocycles. The van der Waals surface area contributed by atoms with Crippen LogP contribution in [0.4, 0.5) is 0 Å². The van der Waals surface area contributed by atoms with E-state index in [0.29, 0.717) is 17.3 Å². The van der Waals surface area contributed by atoms with Crippen LogP contribution < -0.4 is 5.32 Å². The molecular weight excluding hydrogens is 398 g/mol. The molecule has 30 heavy (non-hydrogen) atoms. The fraction of sp³-hybridized carbons (Fsp3) is 0.174. The second-order valence-electron chi connectivity index (χ2n) is 7.14. The molecule has 1 N–H and O–H groups in total. The summed E-state index contributed by atoms with van der Waals surface area (Å²) in [6.45, 7) is 4.55. The Kier molecular flexibility index (Phi) is 5.68. The zero-order chi connectivity index (χ0) is 21.1. The number of hydrogen-bond donors (Lipinski definition) is 1. The Morgan fingerprint density at radius 2 is 1.80 bits per heavy atom. The first-order chi connectivity index (χ1) is 14.5. The van der Waals surface area contributed by atoms with Gasteiger partial charge in [0.15, 0.2) is 5.69 Å². The fourth-order valence-corrected chi connectivity index (χ4v) is 3.50. The molecule has 0 unspecified atom stereocenters. The average Bonchev–Trinajstić information content (AvgIpc) is 3.35. The van der Waals surface area contributed by atoms with Crippen LogP contribution in [-0.2, 0) is 6.42 Å². The van der Waals surface area contributed by atoms with Gasteiger partial charge in [-0.2, -0.15) is 10.2 Å². The average molecular weight is 420 g/mol. The predicted octanol–water partition coefficient (Wildman–Crippen LogP) is 4.30. The van der Waals surface area contributed by atoms with Gasteiger partial charge < -0.3 is 5.32 Å². The molecule has 0 fully saturated rings. The van der Waals surface area contributed by atoms with Crippen molar-refractivity contribution in [1.82, 2.24) is 24.9 Å². The molecule has 0 aliphatic rings. The predicted molar refractivity (Wildman–Crippen MR) is 118 cm³/mol. The summed E-state index contributed by atoms with van der Waals surface area (Å²) >= 11 is 6.02. The summed E-state index contributed by atoms with van der Waals surface area (Å²) in [5.41, 5.74) is 5.45. The van der Waals surface area contributed by atoms with E-state index in [-0.39, 0.29) is 5.91 Å². The summed E-state index contributed by atoms with van der Waals surface area (Å²) in [6.07, 6.45) is 2.48. The van der Waals surface area contributed by atoms with E-state index in [1.807, 2.05) is 42.8 Å². The van der Waals surface area contributed by atoms with Gasteiger partial charge in [0.05, 0.1) is 17.1 Å². The van der Waals surface area contributed by atoms with Gasteiger partial charge in [0.2, 0.25) is 0 Å². The van der Waals surface area contributed by atoms with E-state index >= 15 is 0 Å². The van der Waals surface area contributed by atoms with E-state index in [4.69, 9.17) is 11.6 Å². The molecule has 0 radical (unpaired) electrons. The largest absolute Gasteiger partial charge is 0.350 e. The van der Waals surface area contributed by atoms with Gasteiger partial charge in [-0.1, -0.05) is 29.8 Å². The molecule has 0 atom stereocenters. The number of carbonyl (C=O) groups excluding carboxylic acids is 1. The number of rotatable bonds is 6. The maximum absolute atomic E-state index is 12.4. The van der Waals surface area contributed by atoms with Gasteiger partial charge in [-0.15, -0.1) is 0 Å². The molecular formula is C23H22ClN5O. The number of aromatic nitrogens is 4. The lowest BCUT2D eigenvalue weighted by Gasteiger charge is -2.07. The molecule has 0 saturated carbocycles. The van der Waals surface area contributed by atoms with Crippen LogP contribution in [0, 0.1) is 13.8 Å². The number of halogens is 1. The highest BCUT2D eigenvalue weighted by atomic mass is 35.5. The Morgan fingerprint density at radius 3 is 2.50 bits per heavy atom. The molecule has 7 heteroatoms. The second kappa shape index (κ2) is 8.55. The Bertz CT molecular complexity index is 1180. The monoisotopic (exact) mass is 419 g/mol. The maximum atomic E-state index is 12.4. The van der Waals surface area contributed by atoms with Crippen molar-refractivity contribution in [2.45, 2.75) is 20.3 Å².